The van der Waals surface area contributed by atoms with Crippen LogP contribution in [0.15, 0.2) is 60.7 Å². The fourth-order valence-electron chi connectivity index (χ4n) is 1.37. The molecule has 94 valence electrons. The minimum atomic E-state index is 1.07. The topological polar surface area (TPSA) is 0 Å². The molecule has 0 unspecified atom stereocenters. The van der Waals surface area contributed by atoms with E-state index in [0.717, 1.165) is 11.5 Å². The molecule has 4 heteroatoms. The highest BCUT2D eigenvalue weighted by molar-refractivity contribution is 9.25. The first-order chi connectivity index (χ1) is 8.95. The van der Waals surface area contributed by atoms with Gasteiger partial charge in [-0.25, -0.2) is 0 Å². The zero-order valence-corrected chi connectivity index (χ0v) is 13.1. The van der Waals surface area contributed by atoms with E-state index in [1.54, 1.807) is 0 Å². The van der Waals surface area contributed by atoms with Crippen molar-refractivity contribution >= 4 is 41.2 Å². The first kappa shape index (κ1) is 14.3. The Labute approximate surface area is 124 Å². The molecule has 0 bridgehead atoms. The van der Waals surface area contributed by atoms with E-state index in [2.05, 4.69) is 60.7 Å². The van der Waals surface area contributed by atoms with Crippen LogP contribution in [0.25, 0.3) is 0 Å². The monoisotopic (exact) mass is 310 g/mol. The van der Waals surface area contributed by atoms with Gasteiger partial charge in [-0.05, 0) is 30.8 Å². The zero-order chi connectivity index (χ0) is 12.5. The second-order valence-corrected chi connectivity index (χ2v) is 9.63. The van der Waals surface area contributed by atoms with Gasteiger partial charge in [-0.2, -0.15) is 0 Å². The third-order valence-corrected chi connectivity index (χ3v) is 8.59. The Bertz CT molecular complexity index is 387. The summed E-state index contributed by atoms with van der Waals surface area (Å²) in [5, 5.41) is 0. The maximum atomic E-state index is 2.18. The van der Waals surface area contributed by atoms with Gasteiger partial charge in [0.05, 0.1) is 0 Å². The van der Waals surface area contributed by atoms with Crippen LogP contribution >= 0.6 is 41.2 Å². The van der Waals surface area contributed by atoms with Crippen molar-refractivity contribution in [3.63, 3.8) is 0 Å². The fraction of sp³-hybridized carbons (Fsp3) is 0.143. The molecule has 0 nitrogen and oxygen atoms in total. The minimum absolute atomic E-state index is 1.07. The summed E-state index contributed by atoms with van der Waals surface area (Å²) < 4.78 is 0. The lowest BCUT2D eigenvalue weighted by Crippen LogP contribution is -1.75. The molecule has 0 aliphatic carbocycles. The summed E-state index contributed by atoms with van der Waals surface area (Å²) in [5.74, 6) is 2.15. The highest BCUT2D eigenvalue weighted by Crippen LogP contribution is 2.45. The number of hydrogen-bond donors (Lipinski definition) is 0. The summed E-state index contributed by atoms with van der Waals surface area (Å²) in [7, 11) is 7.53. The Morgan fingerprint density at radius 2 is 0.944 bits per heavy atom. The van der Waals surface area contributed by atoms with Crippen LogP contribution < -0.4 is 0 Å². The van der Waals surface area contributed by atoms with Gasteiger partial charge in [0.2, 0.25) is 0 Å². The third kappa shape index (κ3) is 5.65. The first-order valence-corrected chi connectivity index (χ1v) is 10.8. The average Bonchev–Trinajstić information content (AvgIpc) is 2.45. The predicted octanol–water partition coefficient (Wildman–Crippen LogP) is 6.06. The van der Waals surface area contributed by atoms with Gasteiger partial charge in [0.25, 0.3) is 0 Å². The van der Waals surface area contributed by atoms with Gasteiger partial charge in [-0.1, -0.05) is 82.3 Å². The van der Waals surface area contributed by atoms with Crippen LogP contribution in [0.3, 0.4) is 0 Å². The van der Waals surface area contributed by atoms with Gasteiger partial charge in [0.1, 0.15) is 0 Å². The van der Waals surface area contributed by atoms with E-state index in [0.29, 0.717) is 0 Å². The van der Waals surface area contributed by atoms with Crippen LogP contribution in [0.2, 0.25) is 0 Å². The molecule has 0 saturated heterocycles. The Kier molecular flexibility index (Phi) is 7.01. The second-order valence-electron chi connectivity index (χ2n) is 3.63. The van der Waals surface area contributed by atoms with Gasteiger partial charge in [0.15, 0.2) is 0 Å². The van der Waals surface area contributed by atoms with Crippen LogP contribution in [0.5, 0.6) is 0 Å². The summed E-state index contributed by atoms with van der Waals surface area (Å²) in [6.45, 7) is 0. The van der Waals surface area contributed by atoms with Crippen LogP contribution in [0.4, 0.5) is 0 Å². The molecular formula is C14H14S4. The van der Waals surface area contributed by atoms with Crippen molar-refractivity contribution in [1.82, 2.24) is 0 Å². The number of benzene rings is 2. The molecule has 2 rings (SSSR count). The Balaban J connectivity index is 1.54. The van der Waals surface area contributed by atoms with Crippen molar-refractivity contribution in [3.05, 3.63) is 71.8 Å². The fourth-order valence-corrected chi connectivity index (χ4v) is 7.24. The molecule has 0 aliphatic rings. The van der Waals surface area contributed by atoms with Gasteiger partial charge in [-0.15, -0.1) is 0 Å². The highest BCUT2D eigenvalue weighted by Gasteiger charge is 1.96. The van der Waals surface area contributed by atoms with E-state index < -0.39 is 0 Å². The van der Waals surface area contributed by atoms with E-state index >= 15 is 0 Å². The molecule has 0 radical (unpaired) electrons. The molecule has 0 spiro atoms. The molecule has 18 heavy (non-hydrogen) atoms. The lowest BCUT2D eigenvalue weighted by molar-refractivity contribution is 1.43. The molecule has 2 aromatic rings. The summed E-state index contributed by atoms with van der Waals surface area (Å²) >= 11 is 0. The van der Waals surface area contributed by atoms with E-state index in [1.807, 2.05) is 41.2 Å². The lowest BCUT2D eigenvalue weighted by Gasteiger charge is -2.01. The van der Waals surface area contributed by atoms with Gasteiger partial charge in [-0.3, -0.25) is 0 Å². The predicted molar refractivity (Wildman–Crippen MR) is 90.7 cm³/mol. The van der Waals surface area contributed by atoms with Crippen molar-refractivity contribution < 1.29 is 0 Å². The molecule has 0 atom stereocenters. The number of rotatable bonds is 7. The van der Waals surface area contributed by atoms with E-state index in [4.69, 9.17) is 0 Å². The smallest absolute Gasteiger partial charge is 0.0297 e. The average molecular weight is 311 g/mol. The van der Waals surface area contributed by atoms with Gasteiger partial charge < -0.3 is 0 Å². The standard InChI is InChI=1S/C14H14S4/c1-3-7-13(8-4-1)11-15-17-18-16-12-14-9-5-2-6-10-14/h1-10H,11-12H2. The third-order valence-electron chi connectivity index (χ3n) is 2.26. The normalized spacial score (nSPS) is 10.4. The molecule has 0 aliphatic heterocycles. The quantitative estimate of drug-likeness (QED) is 0.450. The molecular weight excluding hydrogens is 296 g/mol. The summed E-state index contributed by atoms with van der Waals surface area (Å²) in [5.41, 5.74) is 2.78. The van der Waals surface area contributed by atoms with Gasteiger partial charge in [0, 0.05) is 11.5 Å². The van der Waals surface area contributed by atoms with Crippen molar-refractivity contribution in [3.8, 4) is 0 Å². The maximum absolute atomic E-state index is 2.18. The zero-order valence-electron chi connectivity index (χ0n) is 9.82. The minimum Gasteiger partial charge on any atom is -0.0769 e. The molecule has 0 amide bonds. The molecule has 0 saturated carbocycles. The SMILES string of the molecule is c1ccc(CSSSSCc2ccccc2)cc1. The van der Waals surface area contributed by atoms with Crippen molar-refractivity contribution in [1.29, 1.82) is 0 Å². The Hall–Kier alpha value is -0.160. The molecule has 0 N–H and O–H groups in total. The van der Waals surface area contributed by atoms with Crippen molar-refractivity contribution in [2.45, 2.75) is 11.5 Å². The molecule has 0 fully saturated rings. The van der Waals surface area contributed by atoms with Crippen LogP contribution in [-0.4, -0.2) is 0 Å². The van der Waals surface area contributed by atoms with E-state index in [1.165, 1.54) is 11.1 Å². The first-order valence-electron chi connectivity index (χ1n) is 5.61. The van der Waals surface area contributed by atoms with Crippen LogP contribution in [0.1, 0.15) is 11.1 Å². The van der Waals surface area contributed by atoms with Gasteiger partial charge >= 0.3 is 0 Å². The number of hydrogen-bond acceptors (Lipinski definition) is 4. The second kappa shape index (κ2) is 8.86. The van der Waals surface area contributed by atoms with E-state index in [9.17, 15) is 0 Å². The summed E-state index contributed by atoms with van der Waals surface area (Å²) in [6.07, 6.45) is 0. The van der Waals surface area contributed by atoms with E-state index in [-0.39, 0.29) is 0 Å². The van der Waals surface area contributed by atoms with Crippen LogP contribution in [0, 0.1) is 0 Å². The van der Waals surface area contributed by atoms with Crippen molar-refractivity contribution in [2.75, 3.05) is 0 Å². The molecule has 0 aromatic heterocycles. The molecule has 0 heterocycles. The summed E-state index contributed by atoms with van der Waals surface area (Å²) in [6, 6.07) is 21.2. The maximum Gasteiger partial charge on any atom is 0.0297 e. The van der Waals surface area contributed by atoms with Crippen molar-refractivity contribution in [2.24, 2.45) is 0 Å². The Morgan fingerprint density at radius 1 is 0.556 bits per heavy atom. The summed E-state index contributed by atoms with van der Waals surface area (Å²) in [4.78, 5) is 0. The van der Waals surface area contributed by atoms with Crippen LogP contribution in [-0.2, 0) is 11.5 Å². The Morgan fingerprint density at radius 3 is 1.33 bits per heavy atom. The molecule has 2 aromatic carbocycles. The lowest BCUT2D eigenvalue weighted by atomic mass is 10.2. The highest BCUT2D eigenvalue weighted by atomic mass is 33.7. The largest absolute Gasteiger partial charge is 0.0769 e.